The Hall–Kier alpha value is -1.49. The molecule has 0 N–H and O–H groups in total. The topological polar surface area (TPSA) is 26.3 Å². The molecule has 1 aromatic rings. The summed E-state index contributed by atoms with van der Waals surface area (Å²) in [6.07, 6.45) is -7.53. The van der Waals surface area contributed by atoms with Gasteiger partial charge in [-0.2, -0.15) is 13.2 Å². The lowest BCUT2D eigenvalue weighted by molar-refractivity contribution is -0.184. The lowest BCUT2D eigenvalue weighted by Crippen LogP contribution is -2.39. The second-order valence-electron chi connectivity index (χ2n) is 4.58. The second kappa shape index (κ2) is 4.32. The standard InChI is InChI=1S/C11H5ClF8O2S/c12-10(21)7-4-5-3-6(23(16,17,18,19)20)1-2-8(5)22-9(7)11(13,14)15/h1-4,9H. The van der Waals surface area contributed by atoms with Gasteiger partial charge in [0.05, 0.1) is 5.57 Å². The average Bonchev–Trinajstić information content (AvgIpc) is 2.32. The van der Waals surface area contributed by atoms with Crippen LogP contribution in [0.25, 0.3) is 6.08 Å². The van der Waals surface area contributed by atoms with Gasteiger partial charge in [0.25, 0.3) is 5.24 Å². The third kappa shape index (κ3) is 3.71. The van der Waals surface area contributed by atoms with Crippen LogP contribution in [-0.4, -0.2) is 17.5 Å². The van der Waals surface area contributed by atoms with E-state index in [4.69, 9.17) is 11.6 Å². The van der Waals surface area contributed by atoms with Crippen molar-refractivity contribution in [2.24, 2.45) is 0 Å². The average molecular weight is 389 g/mol. The fourth-order valence-electron chi connectivity index (χ4n) is 1.82. The zero-order chi connectivity index (χ0) is 17.9. The summed E-state index contributed by atoms with van der Waals surface area (Å²) in [5, 5.41) is -1.63. The second-order valence-corrected chi connectivity index (χ2v) is 7.33. The van der Waals surface area contributed by atoms with E-state index in [1.807, 2.05) is 0 Å². The lowest BCUT2D eigenvalue weighted by atomic mass is 10.0. The van der Waals surface area contributed by atoms with Gasteiger partial charge in [-0.15, -0.1) is 0 Å². The Morgan fingerprint density at radius 2 is 1.70 bits per heavy atom. The molecule has 1 aromatic carbocycles. The number of hydrogen-bond donors (Lipinski definition) is 0. The molecule has 0 spiro atoms. The summed E-state index contributed by atoms with van der Waals surface area (Å²) in [5.74, 6) is -0.736. The maximum atomic E-state index is 12.8. The first-order valence-corrected chi connectivity index (χ1v) is 7.85. The molecule has 1 atom stereocenters. The minimum atomic E-state index is -10.0. The van der Waals surface area contributed by atoms with Gasteiger partial charge in [0, 0.05) is 5.56 Å². The van der Waals surface area contributed by atoms with Gasteiger partial charge < -0.3 is 4.74 Å². The van der Waals surface area contributed by atoms with Crippen molar-refractivity contribution in [3.8, 4) is 5.75 Å². The number of hydrogen-bond acceptors (Lipinski definition) is 2. The summed E-state index contributed by atoms with van der Waals surface area (Å²) in [6.45, 7) is 0. The Morgan fingerprint density at radius 3 is 2.13 bits per heavy atom. The maximum absolute atomic E-state index is 12.8. The Labute approximate surface area is 128 Å². The molecular formula is C11H5ClF8O2S. The predicted molar refractivity (Wildman–Crippen MR) is 67.1 cm³/mol. The summed E-state index contributed by atoms with van der Waals surface area (Å²) in [4.78, 5) is 8.70. The first kappa shape index (κ1) is 17.9. The summed E-state index contributed by atoms with van der Waals surface area (Å²) in [7, 11) is -10.0. The molecular weight excluding hydrogens is 384 g/mol. The molecule has 0 radical (unpaired) electrons. The van der Waals surface area contributed by atoms with Gasteiger partial charge in [0.2, 0.25) is 6.10 Å². The quantitative estimate of drug-likeness (QED) is 0.471. The molecule has 1 unspecified atom stereocenters. The highest BCUT2D eigenvalue weighted by Gasteiger charge is 2.65. The molecule has 2 rings (SSSR count). The zero-order valence-electron chi connectivity index (χ0n) is 10.5. The molecule has 0 aromatic heterocycles. The van der Waals surface area contributed by atoms with Crippen LogP contribution in [0.5, 0.6) is 5.75 Å². The van der Waals surface area contributed by atoms with Crippen molar-refractivity contribution in [1.82, 2.24) is 0 Å². The van der Waals surface area contributed by atoms with E-state index < -0.39 is 49.5 Å². The number of ether oxygens (including phenoxy) is 1. The Kier molecular flexibility index (Phi) is 3.35. The number of carbonyl (C=O) groups excluding carboxylic acids is 1. The van der Waals surface area contributed by atoms with E-state index in [1.54, 1.807) is 0 Å². The third-order valence-corrected chi connectivity index (χ3v) is 4.15. The van der Waals surface area contributed by atoms with Crippen LogP contribution in [0.3, 0.4) is 0 Å². The molecule has 0 fully saturated rings. The third-order valence-electron chi connectivity index (χ3n) is 2.79. The monoisotopic (exact) mass is 388 g/mol. The van der Waals surface area contributed by atoms with Gasteiger partial charge in [-0.3, -0.25) is 4.79 Å². The molecule has 12 heteroatoms. The van der Waals surface area contributed by atoms with E-state index in [9.17, 15) is 37.4 Å². The Morgan fingerprint density at radius 1 is 1.13 bits per heavy atom. The summed E-state index contributed by atoms with van der Waals surface area (Å²) < 4.78 is 106. The first-order valence-electron chi connectivity index (χ1n) is 5.52. The SMILES string of the molecule is O=C(Cl)C1=Cc2cc(S(F)(F)(F)(F)F)ccc2OC1C(F)(F)F. The van der Waals surface area contributed by atoms with E-state index in [1.165, 1.54) is 0 Å². The fraction of sp³-hybridized carbons (Fsp3) is 0.182. The van der Waals surface area contributed by atoms with Gasteiger partial charge in [0.1, 0.15) is 10.6 Å². The van der Waals surface area contributed by atoms with E-state index in [0.29, 0.717) is 12.1 Å². The normalized spacial score (nSPS) is 21.4. The van der Waals surface area contributed by atoms with Gasteiger partial charge in [-0.05, 0) is 35.9 Å². The van der Waals surface area contributed by atoms with Crippen molar-refractivity contribution >= 4 is 33.1 Å². The van der Waals surface area contributed by atoms with Crippen molar-refractivity contribution in [1.29, 1.82) is 0 Å². The summed E-state index contributed by atoms with van der Waals surface area (Å²) >= 11 is 4.96. The smallest absolute Gasteiger partial charge is 0.429 e. The number of alkyl halides is 3. The van der Waals surface area contributed by atoms with Crippen LogP contribution in [-0.2, 0) is 4.79 Å². The van der Waals surface area contributed by atoms with E-state index in [2.05, 4.69) is 4.74 Å². The van der Waals surface area contributed by atoms with Crippen LogP contribution in [0, 0.1) is 0 Å². The summed E-state index contributed by atoms with van der Waals surface area (Å²) in [6, 6.07) is 0.145. The van der Waals surface area contributed by atoms with E-state index in [0.717, 1.165) is 0 Å². The lowest BCUT2D eigenvalue weighted by Gasteiger charge is -2.41. The number of halogens is 9. The van der Waals surface area contributed by atoms with Gasteiger partial charge in [0.15, 0.2) is 0 Å². The number of fused-ring (bicyclic) bond motifs is 1. The molecule has 1 aliphatic rings. The molecule has 0 aliphatic carbocycles. The highest BCUT2D eigenvalue weighted by atomic mass is 35.5. The van der Waals surface area contributed by atoms with Gasteiger partial charge in [-0.25, -0.2) is 0 Å². The largest absolute Gasteiger partial charge is 0.475 e. The van der Waals surface area contributed by atoms with Crippen LogP contribution in [0.4, 0.5) is 32.6 Å². The van der Waals surface area contributed by atoms with Crippen LogP contribution in [0.1, 0.15) is 5.56 Å². The van der Waals surface area contributed by atoms with Gasteiger partial charge >= 0.3 is 16.4 Å². The molecule has 23 heavy (non-hydrogen) atoms. The van der Waals surface area contributed by atoms with E-state index >= 15 is 0 Å². The minimum Gasteiger partial charge on any atom is -0.475 e. The van der Waals surface area contributed by atoms with Crippen LogP contribution < -0.4 is 4.74 Å². The molecule has 1 aliphatic heterocycles. The Balaban J connectivity index is 2.63. The molecule has 0 saturated heterocycles. The molecule has 1 heterocycles. The van der Waals surface area contributed by atoms with Crippen LogP contribution >= 0.6 is 21.8 Å². The first-order chi connectivity index (χ1) is 9.99. The highest BCUT2D eigenvalue weighted by Crippen LogP contribution is 3.02. The molecule has 2 nitrogen and oxygen atoms in total. The predicted octanol–water partition coefficient (Wildman–Crippen LogP) is 5.82. The van der Waals surface area contributed by atoms with E-state index in [-0.39, 0.29) is 12.1 Å². The van der Waals surface area contributed by atoms with Crippen molar-refractivity contribution in [3.63, 3.8) is 0 Å². The Bertz CT molecular complexity index is 722. The zero-order valence-corrected chi connectivity index (χ0v) is 12.1. The maximum Gasteiger partial charge on any atom is 0.429 e. The number of rotatable bonds is 2. The van der Waals surface area contributed by atoms with Crippen molar-refractivity contribution in [2.75, 3.05) is 0 Å². The van der Waals surface area contributed by atoms with Crippen molar-refractivity contribution in [2.45, 2.75) is 17.2 Å². The van der Waals surface area contributed by atoms with Crippen molar-refractivity contribution in [3.05, 3.63) is 29.3 Å². The fourth-order valence-corrected chi connectivity index (χ4v) is 2.65. The minimum absolute atomic E-state index is 0.0881. The van der Waals surface area contributed by atoms with Crippen LogP contribution in [0.2, 0.25) is 0 Å². The molecule has 0 saturated carbocycles. The number of benzene rings is 1. The molecule has 130 valence electrons. The summed E-state index contributed by atoms with van der Waals surface area (Å²) in [5.41, 5.74) is -1.97. The van der Waals surface area contributed by atoms with Gasteiger partial charge in [-0.1, -0.05) is 19.4 Å². The number of carbonyl (C=O) groups is 1. The molecule has 0 amide bonds. The highest BCUT2D eigenvalue weighted by molar-refractivity contribution is 8.45. The van der Waals surface area contributed by atoms with Crippen LogP contribution in [0.15, 0.2) is 28.7 Å². The molecule has 0 bridgehead atoms. The van der Waals surface area contributed by atoms with Crippen molar-refractivity contribution < 1.29 is 42.1 Å².